The normalized spacial score (nSPS) is 10.2. The average molecular weight is 309 g/mol. The van der Waals surface area contributed by atoms with Crippen LogP contribution in [0.4, 0.5) is 10.6 Å². The van der Waals surface area contributed by atoms with Gasteiger partial charge < -0.3 is 9.64 Å². The highest BCUT2D eigenvalue weighted by molar-refractivity contribution is 6.30. The summed E-state index contributed by atoms with van der Waals surface area (Å²) in [5.74, 6) is 1.20. The number of nitrogens with one attached hydrogen (secondary N) is 1. The molecular weight excluding hydrogens is 292 g/mol. The molecule has 2 aromatic rings. The molecule has 0 bridgehead atoms. The van der Waals surface area contributed by atoms with Crippen molar-refractivity contribution in [1.29, 1.82) is 0 Å². The van der Waals surface area contributed by atoms with E-state index in [4.69, 9.17) is 16.3 Å². The van der Waals surface area contributed by atoms with E-state index in [0.717, 1.165) is 0 Å². The SMILES string of the molecule is CN(CCOc1cccc(Cl)c1)C(=O)Nc1ccn(C)n1. The number of halogens is 1. The highest BCUT2D eigenvalue weighted by atomic mass is 35.5. The second-order valence-corrected chi connectivity index (χ2v) is 4.97. The first-order chi connectivity index (χ1) is 10.0. The molecule has 1 aromatic carbocycles. The Balaban J connectivity index is 1.76. The van der Waals surface area contributed by atoms with Crippen LogP contribution in [0.3, 0.4) is 0 Å². The molecule has 0 saturated heterocycles. The summed E-state index contributed by atoms with van der Waals surface area (Å²) in [6, 6.07) is 8.64. The van der Waals surface area contributed by atoms with E-state index in [0.29, 0.717) is 29.7 Å². The molecule has 6 nitrogen and oxygen atoms in total. The summed E-state index contributed by atoms with van der Waals surface area (Å²) < 4.78 is 7.16. The molecule has 0 atom stereocenters. The van der Waals surface area contributed by atoms with Gasteiger partial charge in [0.25, 0.3) is 0 Å². The topological polar surface area (TPSA) is 59.4 Å². The second kappa shape index (κ2) is 6.99. The Labute approximate surface area is 128 Å². The lowest BCUT2D eigenvalue weighted by Gasteiger charge is -2.17. The van der Waals surface area contributed by atoms with Crippen molar-refractivity contribution in [3.8, 4) is 5.75 Å². The summed E-state index contributed by atoms with van der Waals surface area (Å²) in [6.45, 7) is 0.831. The maximum Gasteiger partial charge on any atom is 0.322 e. The smallest absolute Gasteiger partial charge is 0.322 e. The van der Waals surface area contributed by atoms with Crippen LogP contribution in [0.2, 0.25) is 5.02 Å². The zero-order valence-electron chi connectivity index (χ0n) is 11.9. The highest BCUT2D eigenvalue weighted by Gasteiger charge is 2.10. The number of amides is 2. The summed E-state index contributed by atoms with van der Waals surface area (Å²) in [6.07, 6.45) is 1.76. The Bertz CT molecular complexity index is 615. The van der Waals surface area contributed by atoms with E-state index in [1.165, 1.54) is 4.90 Å². The quantitative estimate of drug-likeness (QED) is 0.923. The van der Waals surface area contributed by atoms with Crippen LogP contribution >= 0.6 is 11.6 Å². The summed E-state index contributed by atoms with van der Waals surface area (Å²) >= 11 is 5.87. The second-order valence-electron chi connectivity index (χ2n) is 4.53. The van der Waals surface area contributed by atoms with Gasteiger partial charge in [-0.2, -0.15) is 5.10 Å². The van der Waals surface area contributed by atoms with Crippen LogP contribution in [0.1, 0.15) is 0 Å². The number of likely N-dealkylation sites (N-methyl/N-ethyl adjacent to an activating group) is 1. The van der Waals surface area contributed by atoms with Crippen LogP contribution in [0.25, 0.3) is 0 Å². The molecule has 1 heterocycles. The van der Waals surface area contributed by atoms with Crippen LogP contribution in [-0.2, 0) is 7.05 Å². The molecule has 0 aliphatic rings. The lowest BCUT2D eigenvalue weighted by Crippen LogP contribution is -2.34. The number of carbonyl (C=O) groups excluding carboxylic acids is 1. The zero-order valence-corrected chi connectivity index (χ0v) is 12.7. The largest absolute Gasteiger partial charge is 0.492 e. The van der Waals surface area contributed by atoms with Gasteiger partial charge in [0.1, 0.15) is 12.4 Å². The maximum absolute atomic E-state index is 11.9. The summed E-state index contributed by atoms with van der Waals surface area (Å²) in [5.41, 5.74) is 0. The van der Waals surface area contributed by atoms with E-state index >= 15 is 0 Å². The number of carbonyl (C=O) groups is 1. The highest BCUT2D eigenvalue weighted by Crippen LogP contribution is 2.16. The molecule has 21 heavy (non-hydrogen) atoms. The van der Waals surface area contributed by atoms with Gasteiger partial charge in [-0.25, -0.2) is 4.79 Å². The number of rotatable bonds is 5. The molecule has 0 aliphatic heterocycles. The third kappa shape index (κ3) is 4.68. The first-order valence-corrected chi connectivity index (χ1v) is 6.82. The van der Waals surface area contributed by atoms with E-state index < -0.39 is 0 Å². The third-order valence-corrected chi connectivity index (χ3v) is 3.02. The molecule has 0 aliphatic carbocycles. The van der Waals surface area contributed by atoms with Gasteiger partial charge in [0, 0.05) is 31.4 Å². The van der Waals surface area contributed by atoms with Gasteiger partial charge in [-0.1, -0.05) is 17.7 Å². The lowest BCUT2D eigenvalue weighted by atomic mass is 10.3. The number of aryl methyl sites for hydroxylation is 1. The number of hydrogen-bond acceptors (Lipinski definition) is 3. The molecule has 2 amide bonds. The first kappa shape index (κ1) is 15.2. The average Bonchev–Trinajstić information content (AvgIpc) is 2.84. The summed E-state index contributed by atoms with van der Waals surface area (Å²) in [4.78, 5) is 13.4. The van der Waals surface area contributed by atoms with Crippen LogP contribution in [0.15, 0.2) is 36.5 Å². The van der Waals surface area contributed by atoms with Crippen LogP contribution in [-0.4, -0.2) is 40.9 Å². The first-order valence-electron chi connectivity index (χ1n) is 6.45. The van der Waals surface area contributed by atoms with E-state index in [9.17, 15) is 4.79 Å². The fourth-order valence-electron chi connectivity index (χ4n) is 1.65. The Morgan fingerprint density at radius 1 is 1.48 bits per heavy atom. The molecule has 0 spiro atoms. The van der Waals surface area contributed by atoms with Crippen molar-refractivity contribution in [2.24, 2.45) is 7.05 Å². The van der Waals surface area contributed by atoms with Crippen molar-refractivity contribution in [2.75, 3.05) is 25.5 Å². The Morgan fingerprint density at radius 2 is 2.29 bits per heavy atom. The molecule has 2 rings (SSSR count). The number of ether oxygens (including phenoxy) is 1. The van der Waals surface area contributed by atoms with Gasteiger partial charge in [-0.15, -0.1) is 0 Å². The van der Waals surface area contributed by atoms with E-state index in [1.807, 2.05) is 12.1 Å². The molecular formula is C14H17ClN4O2. The van der Waals surface area contributed by atoms with Crippen molar-refractivity contribution >= 4 is 23.4 Å². The van der Waals surface area contributed by atoms with Gasteiger partial charge in [0.2, 0.25) is 0 Å². The Morgan fingerprint density at radius 3 is 2.95 bits per heavy atom. The van der Waals surface area contributed by atoms with Gasteiger partial charge >= 0.3 is 6.03 Å². The molecule has 112 valence electrons. The Kier molecular flexibility index (Phi) is 5.05. The Hall–Kier alpha value is -2.21. The van der Waals surface area contributed by atoms with Gasteiger partial charge in [-0.05, 0) is 18.2 Å². The van der Waals surface area contributed by atoms with Crippen molar-refractivity contribution in [1.82, 2.24) is 14.7 Å². The minimum absolute atomic E-state index is 0.233. The van der Waals surface area contributed by atoms with Gasteiger partial charge in [0.15, 0.2) is 5.82 Å². The number of nitrogens with zero attached hydrogens (tertiary/aromatic N) is 3. The van der Waals surface area contributed by atoms with E-state index in [-0.39, 0.29) is 6.03 Å². The molecule has 0 radical (unpaired) electrons. The number of anilines is 1. The minimum atomic E-state index is -0.233. The van der Waals surface area contributed by atoms with Gasteiger partial charge in [0.05, 0.1) is 6.54 Å². The van der Waals surface area contributed by atoms with E-state index in [2.05, 4.69) is 10.4 Å². The minimum Gasteiger partial charge on any atom is -0.492 e. The fraction of sp³-hybridized carbons (Fsp3) is 0.286. The monoisotopic (exact) mass is 308 g/mol. The molecule has 1 aromatic heterocycles. The number of aromatic nitrogens is 2. The predicted molar refractivity (Wildman–Crippen MR) is 81.8 cm³/mol. The molecule has 0 fully saturated rings. The lowest BCUT2D eigenvalue weighted by molar-refractivity contribution is 0.207. The summed E-state index contributed by atoms with van der Waals surface area (Å²) in [5, 5.41) is 7.40. The number of urea groups is 1. The molecule has 0 unspecified atom stereocenters. The summed E-state index contributed by atoms with van der Waals surface area (Å²) in [7, 11) is 3.48. The van der Waals surface area contributed by atoms with Crippen molar-refractivity contribution < 1.29 is 9.53 Å². The molecule has 1 N–H and O–H groups in total. The predicted octanol–water partition coefficient (Wildman–Crippen LogP) is 2.62. The fourth-order valence-corrected chi connectivity index (χ4v) is 1.83. The number of benzene rings is 1. The van der Waals surface area contributed by atoms with Gasteiger partial charge in [-0.3, -0.25) is 10.00 Å². The van der Waals surface area contributed by atoms with Crippen LogP contribution in [0.5, 0.6) is 5.75 Å². The molecule has 7 heteroatoms. The number of hydrogen-bond donors (Lipinski definition) is 1. The van der Waals surface area contributed by atoms with Crippen molar-refractivity contribution in [3.05, 3.63) is 41.6 Å². The third-order valence-electron chi connectivity index (χ3n) is 2.79. The van der Waals surface area contributed by atoms with Crippen molar-refractivity contribution in [3.63, 3.8) is 0 Å². The maximum atomic E-state index is 11.9. The zero-order chi connectivity index (χ0) is 15.2. The van der Waals surface area contributed by atoms with Crippen LogP contribution in [0, 0.1) is 0 Å². The van der Waals surface area contributed by atoms with Crippen molar-refractivity contribution in [2.45, 2.75) is 0 Å². The van der Waals surface area contributed by atoms with E-state index in [1.54, 1.807) is 43.2 Å². The standard InChI is InChI=1S/C14H17ClN4O2/c1-18(14(20)16-13-6-7-19(2)17-13)8-9-21-12-5-3-4-11(15)10-12/h3-7,10H,8-9H2,1-2H3,(H,16,17,20). The van der Waals surface area contributed by atoms with Crippen LogP contribution < -0.4 is 10.1 Å². The molecule has 0 saturated carbocycles.